The molecule has 1 aromatic heterocycles. The molecule has 0 radical (unpaired) electrons. The molecule has 1 atom stereocenters. The van der Waals surface area contributed by atoms with Gasteiger partial charge in [-0.25, -0.2) is 0 Å². The summed E-state index contributed by atoms with van der Waals surface area (Å²) in [6.07, 6.45) is 0.333. The fourth-order valence-corrected chi connectivity index (χ4v) is 4.03. The van der Waals surface area contributed by atoms with E-state index in [1.54, 1.807) is 12.0 Å². The van der Waals surface area contributed by atoms with E-state index in [1.165, 1.54) is 0 Å². The molecule has 4 rings (SSSR count). The molecular formula is C24H24N4O2. The molecule has 0 saturated heterocycles. The molecule has 30 heavy (non-hydrogen) atoms. The summed E-state index contributed by atoms with van der Waals surface area (Å²) in [5.41, 5.74) is 4.62. The standard InChI is InChI=1S/C24H24N4O2/c1-24(2,3)22-19-20(26-27-22)23(29)28(16-11-9-15(10-12-16)13-14-25)21(19)17-7-5-6-8-18(17)30-4/h5-12,21H,13H2,1-4H3,(H,26,27). The summed E-state index contributed by atoms with van der Waals surface area (Å²) < 4.78 is 5.64. The van der Waals surface area contributed by atoms with Gasteiger partial charge in [-0.1, -0.05) is 51.1 Å². The highest BCUT2D eigenvalue weighted by atomic mass is 16.5. The molecule has 0 spiro atoms. The number of ether oxygens (including phenoxy) is 1. The molecular weight excluding hydrogens is 376 g/mol. The van der Waals surface area contributed by atoms with Crippen molar-refractivity contribution in [1.82, 2.24) is 10.2 Å². The van der Waals surface area contributed by atoms with Crippen LogP contribution in [0.25, 0.3) is 0 Å². The molecule has 1 amide bonds. The van der Waals surface area contributed by atoms with Crippen molar-refractivity contribution in [3.8, 4) is 11.8 Å². The van der Waals surface area contributed by atoms with E-state index in [4.69, 9.17) is 10.00 Å². The number of nitriles is 1. The number of rotatable bonds is 4. The van der Waals surface area contributed by atoms with Crippen molar-refractivity contribution in [2.24, 2.45) is 0 Å². The molecule has 1 aliphatic rings. The molecule has 2 heterocycles. The minimum Gasteiger partial charge on any atom is -0.496 e. The van der Waals surface area contributed by atoms with Gasteiger partial charge in [0.15, 0.2) is 5.69 Å². The minimum absolute atomic E-state index is 0.152. The lowest BCUT2D eigenvalue weighted by Crippen LogP contribution is -2.30. The lowest BCUT2D eigenvalue weighted by atomic mass is 9.85. The number of hydrogen-bond acceptors (Lipinski definition) is 4. The number of benzene rings is 2. The van der Waals surface area contributed by atoms with Gasteiger partial charge < -0.3 is 4.74 Å². The fourth-order valence-electron chi connectivity index (χ4n) is 4.03. The third-order valence-corrected chi connectivity index (χ3v) is 5.44. The Hall–Kier alpha value is -3.59. The number of carbonyl (C=O) groups excluding carboxylic acids is 1. The van der Waals surface area contributed by atoms with Gasteiger partial charge in [0.05, 0.1) is 25.6 Å². The monoisotopic (exact) mass is 400 g/mol. The van der Waals surface area contributed by atoms with E-state index in [-0.39, 0.29) is 17.4 Å². The second-order valence-corrected chi connectivity index (χ2v) is 8.43. The van der Waals surface area contributed by atoms with Crippen molar-refractivity contribution < 1.29 is 9.53 Å². The van der Waals surface area contributed by atoms with Gasteiger partial charge in [-0.15, -0.1) is 0 Å². The van der Waals surface area contributed by atoms with Gasteiger partial charge in [0.1, 0.15) is 5.75 Å². The van der Waals surface area contributed by atoms with Gasteiger partial charge in [0.25, 0.3) is 5.91 Å². The molecule has 0 saturated carbocycles. The Kier molecular flexibility index (Phi) is 4.83. The molecule has 0 aliphatic carbocycles. The van der Waals surface area contributed by atoms with Crippen LogP contribution in [0.15, 0.2) is 48.5 Å². The van der Waals surface area contributed by atoms with E-state index < -0.39 is 0 Å². The van der Waals surface area contributed by atoms with Crippen molar-refractivity contribution >= 4 is 11.6 Å². The molecule has 3 aromatic rings. The molecule has 1 aliphatic heterocycles. The first-order chi connectivity index (χ1) is 14.4. The SMILES string of the molecule is COc1ccccc1C1c2c(n[nH]c2C(C)(C)C)C(=O)N1c1ccc(CC#N)cc1. The van der Waals surface area contributed by atoms with Crippen LogP contribution in [-0.4, -0.2) is 23.2 Å². The highest BCUT2D eigenvalue weighted by Crippen LogP contribution is 2.47. The number of amides is 1. The van der Waals surface area contributed by atoms with Crippen LogP contribution in [0.3, 0.4) is 0 Å². The summed E-state index contributed by atoms with van der Waals surface area (Å²) in [4.78, 5) is 15.3. The summed E-state index contributed by atoms with van der Waals surface area (Å²) in [5.74, 6) is 0.566. The number of fused-ring (bicyclic) bond motifs is 1. The lowest BCUT2D eigenvalue weighted by Gasteiger charge is -2.29. The number of aromatic nitrogens is 2. The van der Waals surface area contributed by atoms with Gasteiger partial charge in [-0.2, -0.15) is 10.4 Å². The van der Waals surface area contributed by atoms with E-state index in [2.05, 4.69) is 37.0 Å². The number of methoxy groups -OCH3 is 1. The highest BCUT2D eigenvalue weighted by molar-refractivity contribution is 6.10. The van der Waals surface area contributed by atoms with Crippen molar-refractivity contribution in [1.29, 1.82) is 5.26 Å². The summed E-state index contributed by atoms with van der Waals surface area (Å²) in [6, 6.07) is 17.1. The normalized spacial score (nSPS) is 15.8. The van der Waals surface area contributed by atoms with Gasteiger partial charge in [0.2, 0.25) is 0 Å². The van der Waals surface area contributed by atoms with Crippen LogP contribution in [0.1, 0.15) is 59.7 Å². The van der Waals surface area contributed by atoms with E-state index in [0.29, 0.717) is 12.1 Å². The van der Waals surface area contributed by atoms with Gasteiger partial charge in [-0.05, 0) is 23.8 Å². The second kappa shape index (κ2) is 7.34. The van der Waals surface area contributed by atoms with Crippen LogP contribution < -0.4 is 9.64 Å². The zero-order chi connectivity index (χ0) is 21.5. The Labute approximate surface area is 176 Å². The van der Waals surface area contributed by atoms with E-state index in [0.717, 1.165) is 33.8 Å². The molecule has 6 heteroatoms. The summed E-state index contributed by atoms with van der Waals surface area (Å²) in [6.45, 7) is 6.30. The van der Waals surface area contributed by atoms with Crippen LogP contribution >= 0.6 is 0 Å². The Bertz CT molecular complexity index is 1130. The smallest absolute Gasteiger partial charge is 0.280 e. The maximum absolute atomic E-state index is 13.5. The number of carbonyl (C=O) groups is 1. The van der Waals surface area contributed by atoms with Crippen LogP contribution in [0.5, 0.6) is 5.75 Å². The molecule has 2 aromatic carbocycles. The molecule has 0 bridgehead atoms. The first kappa shape index (κ1) is 19.7. The minimum atomic E-state index is -0.363. The Balaban J connectivity index is 1.92. The molecule has 1 N–H and O–H groups in total. The van der Waals surface area contributed by atoms with Gasteiger partial charge >= 0.3 is 0 Å². The summed E-state index contributed by atoms with van der Waals surface area (Å²) in [7, 11) is 1.64. The topological polar surface area (TPSA) is 82.0 Å². The largest absolute Gasteiger partial charge is 0.496 e. The average Bonchev–Trinajstić information content (AvgIpc) is 3.28. The third-order valence-electron chi connectivity index (χ3n) is 5.44. The Morgan fingerprint density at radius 2 is 1.87 bits per heavy atom. The molecule has 6 nitrogen and oxygen atoms in total. The molecule has 0 fully saturated rings. The van der Waals surface area contributed by atoms with Crippen molar-refractivity contribution in [2.45, 2.75) is 38.6 Å². The predicted molar refractivity (Wildman–Crippen MR) is 115 cm³/mol. The Morgan fingerprint density at radius 3 is 2.50 bits per heavy atom. The summed E-state index contributed by atoms with van der Waals surface area (Å²) >= 11 is 0. The molecule has 152 valence electrons. The first-order valence-corrected chi connectivity index (χ1v) is 9.88. The van der Waals surface area contributed by atoms with Crippen LogP contribution in [-0.2, 0) is 11.8 Å². The zero-order valence-electron chi connectivity index (χ0n) is 17.6. The van der Waals surface area contributed by atoms with Gasteiger partial charge in [0, 0.05) is 27.9 Å². The average molecular weight is 400 g/mol. The number of hydrogen-bond donors (Lipinski definition) is 1. The van der Waals surface area contributed by atoms with E-state index in [9.17, 15) is 4.79 Å². The number of para-hydroxylation sites is 1. The van der Waals surface area contributed by atoms with Gasteiger partial charge in [-0.3, -0.25) is 14.8 Å². The van der Waals surface area contributed by atoms with Crippen LogP contribution in [0, 0.1) is 11.3 Å². The van der Waals surface area contributed by atoms with Crippen LogP contribution in [0.4, 0.5) is 5.69 Å². The van der Waals surface area contributed by atoms with Crippen molar-refractivity contribution in [3.05, 3.63) is 76.6 Å². The summed E-state index contributed by atoms with van der Waals surface area (Å²) in [5, 5.41) is 16.5. The van der Waals surface area contributed by atoms with Crippen molar-refractivity contribution in [2.75, 3.05) is 12.0 Å². The second-order valence-electron chi connectivity index (χ2n) is 8.43. The lowest BCUT2D eigenvalue weighted by molar-refractivity contribution is 0.0988. The van der Waals surface area contributed by atoms with E-state index in [1.807, 2.05) is 48.5 Å². The zero-order valence-corrected chi connectivity index (χ0v) is 17.6. The maximum Gasteiger partial charge on any atom is 0.280 e. The quantitative estimate of drug-likeness (QED) is 0.697. The highest BCUT2D eigenvalue weighted by Gasteiger charge is 2.45. The van der Waals surface area contributed by atoms with E-state index >= 15 is 0 Å². The number of aromatic amines is 1. The predicted octanol–water partition coefficient (Wildman–Crippen LogP) is 4.53. The first-order valence-electron chi connectivity index (χ1n) is 9.88. The number of nitrogens with zero attached hydrogens (tertiary/aromatic N) is 3. The fraction of sp³-hybridized carbons (Fsp3) is 0.292. The third kappa shape index (κ3) is 3.13. The van der Waals surface area contributed by atoms with Crippen molar-refractivity contribution in [3.63, 3.8) is 0 Å². The Morgan fingerprint density at radius 1 is 1.17 bits per heavy atom. The number of H-pyrrole nitrogens is 1. The van der Waals surface area contributed by atoms with Crippen LogP contribution in [0.2, 0.25) is 0 Å². The number of anilines is 1. The number of nitrogens with one attached hydrogen (secondary N) is 1. The maximum atomic E-state index is 13.5. The molecule has 1 unspecified atom stereocenters.